The van der Waals surface area contributed by atoms with Gasteiger partial charge in [0.25, 0.3) is 0 Å². The lowest BCUT2D eigenvalue weighted by atomic mass is 10.1. The summed E-state index contributed by atoms with van der Waals surface area (Å²) in [4.78, 5) is 16.5. The van der Waals surface area contributed by atoms with Crippen LogP contribution in [0.15, 0.2) is 53.3 Å². The van der Waals surface area contributed by atoms with Crippen LogP contribution in [0.5, 0.6) is 0 Å². The monoisotopic (exact) mass is 295 g/mol. The number of esters is 1. The highest BCUT2D eigenvalue weighted by Crippen LogP contribution is 2.29. The number of carbonyl (C=O) groups excluding carboxylic acids is 1. The number of nitrogens with zero attached hydrogens (tertiary/aromatic N) is 1. The van der Waals surface area contributed by atoms with Gasteiger partial charge in [-0.2, -0.15) is 0 Å². The molecule has 22 heavy (non-hydrogen) atoms. The number of rotatable bonds is 2. The van der Waals surface area contributed by atoms with Gasteiger partial charge < -0.3 is 9.15 Å². The zero-order valence-corrected chi connectivity index (χ0v) is 12.8. The van der Waals surface area contributed by atoms with Crippen molar-refractivity contribution in [2.24, 2.45) is 0 Å². The van der Waals surface area contributed by atoms with Crippen molar-refractivity contribution >= 4 is 16.9 Å². The second-order valence-corrected chi connectivity index (χ2v) is 6.08. The Morgan fingerprint density at radius 1 is 1.18 bits per heavy atom. The Bertz CT molecular complexity index is 827. The number of aromatic nitrogens is 1. The molecule has 0 aliphatic carbocycles. The number of carbonyl (C=O) groups is 1. The van der Waals surface area contributed by atoms with Crippen LogP contribution in [0.1, 0.15) is 31.1 Å². The van der Waals surface area contributed by atoms with Crippen molar-refractivity contribution in [3.05, 3.63) is 54.4 Å². The molecule has 3 aromatic rings. The third-order valence-electron chi connectivity index (χ3n) is 3.15. The van der Waals surface area contributed by atoms with Gasteiger partial charge in [0.15, 0.2) is 0 Å². The van der Waals surface area contributed by atoms with Crippen LogP contribution in [0.3, 0.4) is 0 Å². The molecule has 0 unspecified atom stereocenters. The summed E-state index contributed by atoms with van der Waals surface area (Å²) in [5, 5.41) is 0.969. The lowest BCUT2D eigenvalue weighted by molar-refractivity contribution is 0.00694. The molecule has 112 valence electrons. The molecule has 0 radical (unpaired) electrons. The smallest absolute Gasteiger partial charge is 0.338 e. The number of fused-ring (bicyclic) bond motifs is 1. The van der Waals surface area contributed by atoms with Crippen molar-refractivity contribution in [1.82, 2.24) is 4.98 Å². The van der Waals surface area contributed by atoms with E-state index in [2.05, 4.69) is 4.98 Å². The first-order valence-corrected chi connectivity index (χ1v) is 7.10. The van der Waals surface area contributed by atoms with Crippen molar-refractivity contribution in [3.8, 4) is 11.3 Å². The minimum Gasteiger partial charge on any atom is -0.464 e. The van der Waals surface area contributed by atoms with Gasteiger partial charge in [0, 0.05) is 17.1 Å². The number of hydrogen-bond donors (Lipinski definition) is 0. The fourth-order valence-corrected chi connectivity index (χ4v) is 2.22. The molecule has 0 saturated heterocycles. The van der Waals surface area contributed by atoms with E-state index in [9.17, 15) is 4.79 Å². The Morgan fingerprint density at radius 3 is 2.73 bits per heavy atom. The van der Waals surface area contributed by atoms with Crippen molar-refractivity contribution in [3.63, 3.8) is 0 Å². The fraction of sp³-hybridized carbons (Fsp3) is 0.222. The summed E-state index contributed by atoms with van der Waals surface area (Å²) in [6.07, 6.45) is 3.27. The molecule has 0 bridgehead atoms. The third kappa shape index (κ3) is 2.86. The van der Waals surface area contributed by atoms with Gasteiger partial charge >= 0.3 is 5.97 Å². The number of hydrogen-bond acceptors (Lipinski definition) is 4. The molecule has 0 saturated carbocycles. The van der Waals surface area contributed by atoms with Gasteiger partial charge in [0.2, 0.25) is 0 Å². The highest BCUT2D eigenvalue weighted by atomic mass is 16.6. The van der Waals surface area contributed by atoms with Gasteiger partial charge in [-0.15, -0.1) is 0 Å². The van der Waals surface area contributed by atoms with E-state index < -0.39 is 5.60 Å². The SMILES string of the molecule is CC(C)(C)OC(=O)c1ccnc(-c2coc3ccccc23)c1. The normalized spacial score (nSPS) is 11.6. The minimum absolute atomic E-state index is 0.357. The molecule has 4 heteroatoms. The van der Waals surface area contributed by atoms with E-state index in [1.807, 2.05) is 45.0 Å². The van der Waals surface area contributed by atoms with Gasteiger partial charge in [0.1, 0.15) is 17.4 Å². The highest BCUT2D eigenvalue weighted by molar-refractivity contribution is 5.95. The van der Waals surface area contributed by atoms with Crippen molar-refractivity contribution in [1.29, 1.82) is 0 Å². The summed E-state index contributed by atoms with van der Waals surface area (Å²) < 4.78 is 10.9. The second-order valence-electron chi connectivity index (χ2n) is 6.08. The second kappa shape index (κ2) is 5.30. The van der Waals surface area contributed by atoms with E-state index in [0.717, 1.165) is 16.5 Å². The van der Waals surface area contributed by atoms with Gasteiger partial charge in [0.05, 0.1) is 11.3 Å². The summed E-state index contributed by atoms with van der Waals surface area (Å²) >= 11 is 0. The molecule has 0 spiro atoms. The Morgan fingerprint density at radius 2 is 1.95 bits per heavy atom. The predicted molar refractivity (Wildman–Crippen MR) is 84.6 cm³/mol. The number of para-hydroxylation sites is 1. The molecule has 0 aliphatic rings. The quantitative estimate of drug-likeness (QED) is 0.655. The largest absolute Gasteiger partial charge is 0.464 e. The first-order valence-electron chi connectivity index (χ1n) is 7.10. The molecule has 0 atom stereocenters. The summed E-state index contributed by atoms with van der Waals surface area (Å²) in [6, 6.07) is 11.1. The molecule has 2 aromatic heterocycles. The molecule has 4 nitrogen and oxygen atoms in total. The average Bonchev–Trinajstić information content (AvgIpc) is 2.89. The van der Waals surface area contributed by atoms with E-state index in [0.29, 0.717) is 11.3 Å². The number of furan rings is 1. The molecule has 0 fully saturated rings. The van der Waals surface area contributed by atoms with E-state index >= 15 is 0 Å². The molecule has 0 aliphatic heterocycles. The molecule has 2 heterocycles. The summed E-state index contributed by atoms with van der Waals surface area (Å²) in [7, 11) is 0. The highest BCUT2D eigenvalue weighted by Gasteiger charge is 2.19. The van der Waals surface area contributed by atoms with Crippen molar-refractivity contribution in [2.45, 2.75) is 26.4 Å². The maximum Gasteiger partial charge on any atom is 0.338 e. The van der Waals surface area contributed by atoms with Crippen LogP contribution in [0.4, 0.5) is 0 Å². The standard InChI is InChI=1S/C18H17NO3/c1-18(2,3)22-17(20)12-8-9-19-15(10-12)14-11-21-16-7-5-4-6-13(14)16/h4-11H,1-3H3. The van der Waals surface area contributed by atoms with Crippen LogP contribution < -0.4 is 0 Å². The Kier molecular flexibility index (Phi) is 3.45. The van der Waals surface area contributed by atoms with Gasteiger partial charge in [-0.25, -0.2) is 4.79 Å². The van der Waals surface area contributed by atoms with Crippen molar-refractivity contribution in [2.75, 3.05) is 0 Å². The van der Waals surface area contributed by atoms with E-state index in [1.54, 1.807) is 24.6 Å². The summed E-state index contributed by atoms with van der Waals surface area (Å²) in [5.74, 6) is -0.357. The van der Waals surface area contributed by atoms with Crippen LogP contribution >= 0.6 is 0 Å². The van der Waals surface area contributed by atoms with Crippen LogP contribution in [-0.4, -0.2) is 16.6 Å². The predicted octanol–water partition coefficient (Wildman–Crippen LogP) is 4.45. The zero-order chi connectivity index (χ0) is 15.7. The van der Waals surface area contributed by atoms with Crippen LogP contribution in [0.25, 0.3) is 22.2 Å². The van der Waals surface area contributed by atoms with E-state index in [4.69, 9.17) is 9.15 Å². The lowest BCUT2D eigenvalue weighted by Crippen LogP contribution is -2.23. The van der Waals surface area contributed by atoms with Crippen molar-refractivity contribution < 1.29 is 13.9 Å². The maximum atomic E-state index is 12.2. The van der Waals surface area contributed by atoms with Crippen LogP contribution in [-0.2, 0) is 4.74 Å². The first kappa shape index (κ1) is 14.3. The first-order chi connectivity index (χ1) is 10.4. The Labute approximate surface area is 128 Å². The molecular formula is C18H17NO3. The molecule has 0 amide bonds. The number of ether oxygens (including phenoxy) is 1. The Balaban J connectivity index is 1.99. The number of benzene rings is 1. The van der Waals surface area contributed by atoms with E-state index in [1.165, 1.54) is 0 Å². The van der Waals surface area contributed by atoms with Crippen LogP contribution in [0.2, 0.25) is 0 Å². The minimum atomic E-state index is -0.525. The van der Waals surface area contributed by atoms with Gasteiger partial charge in [-0.05, 0) is 39.0 Å². The van der Waals surface area contributed by atoms with Gasteiger partial charge in [-0.3, -0.25) is 4.98 Å². The fourth-order valence-electron chi connectivity index (χ4n) is 2.22. The lowest BCUT2D eigenvalue weighted by Gasteiger charge is -2.19. The maximum absolute atomic E-state index is 12.2. The summed E-state index contributed by atoms with van der Waals surface area (Å²) in [6.45, 7) is 5.53. The summed E-state index contributed by atoms with van der Waals surface area (Å²) in [5.41, 5.74) is 2.30. The zero-order valence-electron chi connectivity index (χ0n) is 12.8. The number of pyridine rings is 1. The molecule has 0 N–H and O–H groups in total. The van der Waals surface area contributed by atoms with Crippen LogP contribution in [0, 0.1) is 0 Å². The van der Waals surface area contributed by atoms with Gasteiger partial charge in [-0.1, -0.05) is 18.2 Å². The molecule has 1 aromatic carbocycles. The van der Waals surface area contributed by atoms with E-state index in [-0.39, 0.29) is 5.97 Å². The third-order valence-corrected chi connectivity index (χ3v) is 3.15. The average molecular weight is 295 g/mol. The molecular weight excluding hydrogens is 278 g/mol. The topological polar surface area (TPSA) is 52.3 Å². The Hall–Kier alpha value is -2.62. The molecule has 3 rings (SSSR count).